The van der Waals surface area contributed by atoms with Crippen LogP contribution in [-0.4, -0.2) is 49.2 Å². The van der Waals surface area contributed by atoms with Crippen molar-refractivity contribution in [1.29, 1.82) is 0 Å². The van der Waals surface area contributed by atoms with Crippen LogP contribution in [0.5, 0.6) is 0 Å². The molecule has 0 saturated carbocycles. The van der Waals surface area contributed by atoms with Gasteiger partial charge in [0.1, 0.15) is 0 Å². The first kappa shape index (κ1) is 16.0. The lowest BCUT2D eigenvalue weighted by atomic mass is 10.0. The Morgan fingerprint density at radius 2 is 2.24 bits per heavy atom. The molecule has 0 aliphatic carbocycles. The molecule has 1 fully saturated rings. The fraction of sp³-hybridized carbons (Fsp3) is 0.438. The Kier molecular flexibility index (Phi) is 5.42. The minimum absolute atomic E-state index is 0.540. The monoisotopic (exact) mass is 352 g/mol. The van der Waals surface area contributed by atoms with Gasteiger partial charge in [0.15, 0.2) is 0 Å². The first-order chi connectivity index (χ1) is 9.97. The molecule has 1 heterocycles. The summed E-state index contributed by atoms with van der Waals surface area (Å²) in [5.74, 6) is -0.925. The summed E-state index contributed by atoms with van der Waals surface area (Å²) in [7, 11) is 4.22. The Labute approximate surface area is 134 Å². The van der Waals surface area contributed by atoms with E-state index in [1.807, 2.05) is 12.1 Å². The molecule has 4 nitrogen and oxygen atoms in total. The fourth-order valence-corrected chi connectivity index (χ4v) is 3.08. The first-order valence-electron chi connectivity index (χ1n) is 7.09. The Bertz CT molecular complexity index is 543. The molecule has 0 amide bonds. The summed E-state index contributed by atoms with van der Waals surface area (Å²) in [5.41, 5.74) is 2.04. The van der Waals surface area contributed by atoms with Gasteiger partial charge in [-0.3, -0.25) is 0 Å². The molecule has 0 spiro atoms. The molecule has 1 unspecified atom stereocenters. The molecule has 0 bridgehead atoms. The van der Waals surface area contributed by atoms with Crippen LogP contribution in [0.1, 0.15) is 18.4 Å². The fourth-order valence-electron chi connectivity index (χ4n) is 2.70. The van der Waals surface area contributed by atoms with Crippen LogP contribution in [0.25, 0.3) is 6.08 Å². The Morgan fingerprint density at radius 1 is 1.48 bits per heavy atom. The number of benzene rings is 1. The quantitative estimate of drug-likeness (QED) is 0.845. The highest BCUT2D eigenvalue weighted by atomic mass is 79.9. The van der Waals surface area contributed by atoms with Gasteiger partial charge in [-0.05, 0) is 56.8 Å². The number of carbonyl (C=O) groups is 1. The van der Waals surface area contributed by atoms with Crippen LogP contribution < -0.4 is 4.90 Å². The van der Waals surface area contributed by atoms with E-state index in [1.54, 1.807) is 6.08 Å². The van der Waals surface area contributed by atoms with Crippen LogP contribution >= 0.6 is 15.9 Å². The van der Waals surface area contributed by atoms with E-state index in [4.69, 9.17) is 5.11 Å². The number of hydrogen-bond acceptors (Lipinski definition) is 3. The highest BCUT2D eigenvalue weighted by Crippen LogP contribution is 2.29. The lowest BCUT2D eigenvalue weighted by Crippen LogP contribution is -2.45. The molecule has 1 aromatic carbocycles. The summed E-state index contributed by atoms with van der Waals surface area (Å²) >= 11 is 3.45. The second-order valence-electron chi connectivity index (χ2n) is 5.58. The third-order valence-electron chi connectivity index (χ3n) is 3.86. The van der Waals surface area contributed by atoms with E-state index < -0.39 is 5.97 Å². The molecule has 114 valence electrons. The standard InChI is InChI=1S/C16H21BrN2O2/c1-18(2)14-4-3-9-19(11-14)15-7-6-13(17)10-12(15)5-8-16(20)21/h5-8,10,14H,3-4,9,11H2,1-2H3,(H,20,21)/b8-5+. The molecule has 1 N–H and O–H groups in total. The van der Waals surface area contributed by atoms with Gasteiger partial charge >= 0.3 is 5.97 Å². The van der Waals surface area contributed by atoms with Gasteiger partial charge in [-0.15, -0.1) is 0 Å². The zero-order chi connectivity index (χ0) is 15.4. The predicted molar refractivity (Wildman–Crippen MR) is 89.7 cm³/mol. The Hall–Kier alpha value is -1.33. The number of rotatable bonds is 4. The average Bonchev–Trinajstić information content (AvgIpc) is 2.45. The average molecular weight is 353 g/mol. The number of nitrogens with zero attached hydrogens (tertiary/aromatic N) is 2. The van der Waals surface area contributed by atoms with Crippen molar-refractivity contribution in [3.05, 3.63) is 34.3 Å². The summed E-state index contributed by atoms with van der Waals surface area (Å²) in [4.78, 5) is 15.4. The van der Waals surface area contributed by atoms with Crippen LogP contribution in [0.2, 0.25) is 0 Å². The van der Waals surface area contributed by atoms with Gasteiger partial charge in [-0.1, -0.05) is 15.9 Å². The zero-order valence-corrected chi connectivity index (χ0v) is 14.0. The van der Waals surface area contributed by atoms with Crippen molar-refractivity contribution in [2.75, 3.05) is 32.1 Å². The largest absolute Gasteiger partial charge is 0.478 e. The van der Waals surface area contributed by atoms with Crippen LogP contribution in [-0.2, 0) is 4.79 Å². The van der Waals surface area contributed by atoms with Crippen LogP contribution in [0, 0.1) is 0 Å². The van der Waals surface area contributed by atoms with Gasteiger partial charge in [-0.2, -0.15) is 0 Å². The molecule has 0 aromatic heterocycles. The number of carboxylic acids is 1. The normalized spacial score (nSPS) is 19.4. The summed E-state index contributed by atoms with van der Waals surface area (Å²) in [6.07, 6.45) is 5.22. The topological polar surface area (TPSA) is 43.8 Å². The van der Waals surface area contributed by atoms with E-state index in [0.29, 0.717) is 6.04 Å². The smallest absolute Gasteiger partial charge is 0.328 e. The lowest BCUT2D eigenvalue weighted by molar-refractivity contribution is -0.131. The third kappa shape index (κ3) is 4.32. The van der Waals surface area contributed by atoms with E-state index >= 15 is 0 Å². The van der Waals surface area contributed by atoms with E-state index in [0.717, 1.165) is 35.2 Å². The molecule has 5 heteroatoms. The minimum Gasteiger partial charge on any atom is -0.478 e. The van der Waals surface area contributed by atoms with E-state index in [9.17, 15) is 4.79 Å². The first-order valence-corrected chi connectivity index (χ1v) is 7.88. The van der Waals surface area contributed by atoms with Gasteiger partial charge < -0.3 is 14.9 Å². The van der Waals surface area contributed by atoms with Gasteiger partial charge in [-0.25, -0.2) is 4.79 Å². The van der Waals surface area contributed by atoms with Crippen molar-refractivity contribution in [3.63, 3.8) is 0 Å². The van der Waals surface area contributed by atoms with Crippen molar-refractivity contribution in [3.8, 4) is 0 Å². The van der Waals surface area contributed by atoms with E-state index in [-0.39, 0.29) is 0 Å². The van der Waals surface area contributed by atoms with Crippen molar-refractivity contribution < 1.29 is 9.90 Å². The molecule has 1 aliphatic rings. The predicted octanol–water partition coefficient (Wildman–Crippen LogP) is 3.08. The number of aliphatic carboxylic acids is 1. The second kappa shape index (κ2) is 7.09. The van der Waals surface area contributed by atoms with E-state index in [2.05, 4.69) is 45.9 Å². The van der Waals surface area contributed by atoms with Gasteiger partial charge in [0.25, 0.3) is 0 Å². The maximum atomic E-state index is 10.8. The van der Waals surface area contributed by atoms with Gasteiger partial charge in [0.2, 0.25) is 0 Å². The summed E-state index contributed by atoms with van der Waals surface area (Å²) in [6, 6.07) is 6.57. The SMILES string of the molecule is CN(C)C1CCCN(c2ccc(Br)cc2/C=C/C(=O)O)C1. The number of anilines is 1. The summed E-state index contributed by atoms with van der Waals surface area (Å²) < 4.78 is 0.956. The zero-order valence-electron chi connectivity index (χ0n) is 12.4. The molecule has 1 atom stereocenters. The number of hydrogen-bond donors (Lipinski definition) is 1. The highest BCUT2D eigenvalue weighted by Gasteiger charge is 2.22. The second-order valence-corrected chi connectivity index (χ2v) is 6.50. The lowest BCUT2D eigenvalue weighted by Gasteiger charge is -2.38. The minimum atomic E-state index is -0.925. The number of carboxylic acid groups (broad SMARTS) is 1. The Morgan fingerprint density at radius 3 is 2.90 bits per heavy atom. The molecular formula is C16H21BrN2O2. The molecule has 1 saturated heterocycles. The molecule has 21 heavy (non-hydrogen) atoms. The summed E-state index contributed by atoms with van der Waals surface area (Å²) in [5, 5.41) is 8.84. The van der Waals surface area contributed by atoms with Crippen LogP contribution in [0.4, 0.5) is 5.69 Å². The molecule has 1 aliphatic heterocycles. The number of piperidine rings is 1. The maximum Gasteiger partial charge on any atom is 0.328 e. The number of halogens is 1. The molecule has 0 radical (unpaired) electrons. The summed E-state index contributed by atoms with van der Waals surface area (Å²) in [6.45, 7) is 1.99. The number of likely N-dealkylation sites (N-methyl/N-ethyl adjacent to an activating group) is 1. The van der Waals surface area contributed by atoms with Crippen LogP contribution in [0.15, 0.2) is 28.7 Å². The van der Waals surface area contributed by atoms with Gasteiger partial charge in [0.05, 0.1) is 0 Å². The maximum absolute atomic E-state index is 10.8. The molecule has 2 rings (SSSR count). The Balaban J connectivity index is 2.27. The molecular weight excluding hydrogens is 332 g/mol. The van der Waals surface area contributed by atoms with Gasteiger partial charge in [0, 0.05) is 35.4 Å². The van der Waals surface area contributed by atoms with Crippen molar-refractivity contribution in [2.24, 2.45) is 0 Å². The van der Waals surface area contributed by atoms with Crippen LogP contribution in [0.3, 0.4) is 0 Å². The third-order valence-corrected chi connectivity index (χ3v) is 4.36. The van der Waals surface area contributed by atoms with E-state index in [1.165, 1.54) is 12.5 Å². The molecule has 1 aromatic rings. The van der Waals surface area contributed by atoms with Crippen molar-refractivity contribution >= 4 is 33.7 Å². The highest BCUT2D eigenvalue weighted by molar-refractivity contribution is 9.10. The van der Waals surface area contributed by atoms with Crippen molar-refractivity contribution in [2.45, 2.75) is 18.9 Å². The van der Waals surface area contributed by atoms with Crippen molar-refractivity contribution in [1.82, 2.24) is 4.90 Å².